The molecule has 0 bridgehead atoms. The van der Waals surface area contributed by atoms with Crippen LogP contribution in [0.25, 0.3) is 0 Å². The lowest BCUT2D eigenvalue weighted by Crippen LogP contribution is -2.33. The first-order valence-corrected chi connectivity index (χ1v) is 8.08. The average Bonchev–Trinajstić information content (AvgIpc) is 3.07. The molecule has 1 aliphatic rings. The zero-order valence-electron chi connectivity index (χ0n) is 13.5. The number of aryl methyl sites for hydroxylation is 1. The van der Waals surface area contributed by atoms with Crippen LogP contribution < -0.4 is 10.6 Å². The molecule has 24 heavy (non-hydrogen) atoms. The van der Waals surface area contributed by atoms with E-state index in [1.165, 1.54) is 0 Å². The lowest BCUT2D eigenvalue weighted by atomic mass is 10.2. The van der Waals surface area contributed by atoms with Gasteiger partial charge in [0.2, 0.25) is 0 Å². The van der Waals surface area contributed by atoms with Crippen molar-refractivity contribution in [2.24, 2.45) is 0 Å². The third-order valence-electron chi connectivity index (χ3n) is 4.03. The lowest BCUT2D eigenvalue weighted by Gasteiger charge is -2.13. The predicted molar refractivity (Wildman–Crippen MR) is 90.9 cm³/mol. The van der Waals surface area contributed by atoms with E-state index < -0.39 is 0 Å². The van der Waals surface area contributed by atoms with E-state index in [0.717, 1.165) is 31.4 Å². The van der Waals surface area contributed by atoms with Gasteiger partial charge in [0.05, 0.1) is 11.6 Å². The maximum absolute atomic E-state index is 12.4. The molecule has 0 spiro atoms. The highest BCUT2D eigenvalue weighted by molar-refractivity contribution is 5.93. The molecular weight excluding hydrogens is 302 g/mol. The Bertz CT molecular complexity index is 790. The van der Waals surface area contributed by atoms with Crippen molar-refractivity contribution in [1.29, 1.82) is 5.26 Å². The minimum Gasteiger partial charge on any atom is -0.348 e. The van der Waals surface area contributed by atoms with Gasteiger partial charge < -0.3 is 10.6 Å². The Morgan fingerprint density at radius 2 is 2.04 bits per heavy atom. The van der Waals surface area contributed by atoms with Crippen molar-refractivity contribution >= 4 is 17.4 Å². The molecule has 6 heteroatoms. The number of nitrogens with one attached hydrogen (secondary N) is 2. The molecule has 0 unspecified atom stereocenters. The summed E-state index contributed by atoms with van der Waals surface area (Å²) in [4.78, 5) is 20.9. The number of carbonyl (C=O) groups excluding carboxylic acids is 1. The van der Waals surface area contributed by atoms with Gasteiger partial charge in [-0.25, -0.2) is 9.97 Å². The summed E-state index contributed by atoms with van der Waals surface area (Å²) in [7, 11) is 0. The van der Waals surface area contributed by atoms with Crippen LogP contribution in [-0.4, -0.2) is 21.9 Å². The van der Waals surface area contributed by atoms with Gasteiger partial charge in [-0.2, -0.15) is 5.26 Å². The van der Waals surface area contributed by atoms with Gasteiger partial charge in [0.15, 0.2) is 0 Å². The number of rotatable bonds is 4. The third-order valence-corrected chi connectivity index (χ3v) is 4.03. The predicted octanol–water partition coefficient (Wildman–Crippen LogP) is 3.07. The largest absolute Gasteiger partial charge is 0.348 e. The summed E-state index contributed by atoms with van der Waals surface area (Å²) in [6.45, 7) is 1.75. The van der Waals surface area contributed by atoms with E-state index in [-0.39, 0.29) is 11.9 Å². The third kappa shape index (κ3) is 3.87. The molecule has 1 aliphatic carbocycles. The number of aromatic nitrogens is 2. The molecule has 2 aromatic rings. The first-order chi connectivity index (χ1) is 11.6. The molecule has 2 N–H and O–H groups in total. The van der Waals surface area contributed by atoms with Crippen LogP contribution >= 0.6 is 0 Å². The Balaban J connectivity index is 1.77. The van der Waals surface area contributed by atoms with E-state index in [1.54, 1.807) is 31.2 Å². The van der Waals surface area contributed by atoms with E-state index in [9.17, 15) is 4.79 Å². The van der Waals surface area contributed by atoms with Crippen molar-refractivity contribution in [2.45, 2.75) is 38.6 Å². The summed E-state index contributed by atoms with van der Waals surface area (Å²) in [5, 5.41) is 15.1. The Labute approximate surface area is 140 Å². The topological polar surface area (TPSA) is 90.7 Å². The second kappa shape index (κ2) is 7.09. The lowest BCUT2D eigenvalue weighted by molar-refractivity contribution is 0.0932. The Kier molecular flexibility index (Phi) is 4.71. The van der Waals surface area contributed by atoms with Crippen LogP contribution in [0.1, 0.15) is 47.6 Å². The summed E-state index contributed by atoms with van der Waals surface area (Å²) in [5.74, 6) is 0.892. The Morgan fingerprint density at radius 1 is 1.25 bits per heavy atom. The molecule has 1 saturated carbocycles. The fourth-order valence-corrected chi connectivity index (χ4v) is 2.89. The van der Waals surface area contributed by atoms with Crippen LogP contribution in [-0.2, 0) is 0 Å². The second-order valence-electron chi connectivity index (χ2n) is 5.96. The van der Waals surface area contributed by atoms with Gasteiger partial charge in [0.1, 0.15) is 17.3 Å². The van der Waals surface area contributed by atoms with Gasteiger partial charge in [-0.3, -0.25) is 4.79 Å². The standard InChI is InChI=1S/C18H19N5O/c1-12-20-16(18(24)23-14-6-2-3-7-14)10-17(21-12)22-15-8-4-5-13(9-15)11-19/h4-5,8-10,14H,2-3,6-7H2,1H3,(H,23,24)(H,20,21,22). The molecule has 3 rings (SSSR count). The number of hydrogen-bond acceptors (Lipinski definition) is 5. The molecule has 0 aliphatic heterocycles. The van der Waals surface area contributed by atoms with Crippen molar-refractivity contribution in [1.82, 2.24) is 15.3 Å². The molecule has 1 aromatic carbocycles. The van der Waals surface area contributed by atoms with Crippen LogP contribution in [0.2, 0.25) is 0 Å². The molecule has 0 saturated heterocycles. The zero-order valence-corrected chi connectivity index (χ0v) is 13.5. The number of carbonyl (C=O) groups is 1. The van der Waals surface area contributed by atoms with Crippen LogP contribution in [0.3, 0.4) is 0 Å². The van der Waals surface area contributed by atoms with Crippen molar-refractivity contribution < 1.29 is 4.79 Å². The van der Waals surface area contributed by atoms with Gasteiger partial charge in [-0.1, -0.05) is 18.9 Å². The molecular formula is C18H19N5O. The quantitative estimate of drug-likeness (QED) is 0.903. The van der Waals surface area contributed by atoms with Crippen LogP contribution in [0.15, 0.2) is 30.3 Å². The molecule has 1 fully saturated rings. The minimum atomic E-state index is -0.166. The summed E-state index contributed by atoms with van der Waals surface area (Å²) in [5.41, 5.74) is 1.66. The van der Waals surface area contributed by atoms with Gasteiger partial charge in [-0.15, -0.1) is 0 Å². The van der Waals surface area contributed by atoms with Crippen molar-refractivity contribution in [3.8, 4) is 6.07 Å². The van der Waals surface area contributed by atoms with Gasteiger partial charge >= 0.3 is 0 Å². The second-order valence-corrected chi connectivity index (χ2v) is 5.96. The highest BCUT2D eigenvalue weighted by Crippen LogP contribution is 2.19. The number of nitriles is 1. The molecule has 1 aromatic heterocycles. The maximum atomic E-state index is 12.4. The number of amides is 1. The normalized spacial score (nSPS) is 14.2. The van der Waals surface area contributed by atoms with Gasteiger partial charge in [-0.05, 0) is 38.0 Å². The van der Waals surface area contributed by atoms with Gasteiger partial charge in [0, 0.05) is 17.8 Å². The Morgan fingerprint density at radius 3 is 2.79 bits per heavy atom. The van der Waals surface area contributed by atoms with E-state index in [0.29, 0.717) is 22.9 Å². The number of benzene rings is 1. The van der Waals surface area contributed by atoms with E-state index in [2.05, 4.69) is 26.7 Å². The monoisotopic (exact) mass is 321 g/mol. The summed E-state index contributed by atoms with van der Waals surface area (Å²) < 4.78 is 0. The number of hydrogen-bond donors (Lipinski definition) is 2. The van der Waals surface area contributed by atoms with Gasteiger partial charge in [0.25, 0.3) is 5.91 Å². The van der Waals surface area contributed by atoms with Crippen LogP contribution in [0, 0.1) is 18.3 Å². The van der Waals surface area contributed by atoms with E-state index in [1.807, 2.05) is 6.07 Å². The first-order valence-electron chi connectivity index (χ1n) is 8.08. The smallest absolute Gasteiger partial charge is 0.270 e. The fraction of sp³-hybridized carbons (Fsp3) is 0.333. The van der Waals surface area contributed by atoms with E-state index >= 15 is 0 Å². The average molecular weight is 321 g/mol. The molecule has 6 nitrogen and oxygen atoms in total. The first kappa shape index (κ1) is 15.9. The van der Waals surface area contributed by atoms with Crippen molar-refractivity contribution in [3.63, 3.8) is 0 Å². The Hall–Kier alpha value is -2.94. The van der Waals surface area contributed by atoms with E-state index in [4.69, 9.17) is 5.26 Å². The summed E-state index contributed by atoms with van der Waals surface area (Å²) in [6.07, 6.45) is 4.38. The summed E-state index contributed by atoms with van der Waals surface area (Å²) >= 11 is 0. The fourth-order valence-electron chi connectivity index (χ4n) is 2.89. The highest BCUT2D eigenvalue weighted by atomic mass is 16.1. The molecule has 0 radical (unpaired) electrons. The van der Waals surface area contributed by atoms with Crippen molar-refractivity contribution in [2.75, 3.05) is 5.32 Å². The van der Waals surface area contributed by atoms with Crippen molar-refractivity contribution in [3.05, 3.63) is 47.4 Å². The number of anilines is 2. The zero-order chi connectivity index (χ0) is 16.9. The minimum absolute atomic E-state index is 0.166. The van der Waals surface area contributed by atoms with Crippen LogP contribution in [0.5, 0.6) is 0 Å². The van der Waals surface area contributed by atoms with Crippen LogP contribution in [0.4, 0.5) is 11.5 Å². The molecule has 1 amide bonds. The SMILES string of the molecule is Cc1nc(Nc2cccc(C#N)c2)cc(C(=O)NC2CCCC2)n1. The molecule has 0 atom stereocenters. The number of nitrogens with zero attached hydrogens (tertiary/aromatic N) is 3. The highest BCUT2D eigenvalue weighted by Gasteiger charge is 2.19. The summed E-state index contributed by atoms with van der Waals surface area (Å²) in [6, 6.07) is 11.1. The molecule has 1 heterocycles. The maximum Gasteiger partial charge on any atom is 0.270 e. The molecule has 122 valence electrons.